The number of ketones is 1. The van der Waals surface area contributed by atoms with E-state index in [-0.39, 0.29) is 16.7 Å². The van der Waals surface area contributed by atoms with Gasteiger partial charge in [-0.2, -0.15) is 0 Å². The van der Waals surface area contributed by atoms with Gasteiger partial charge in [0.05, 0.1) is 18.7 Å². The number of rotatable bonds is 4. The van der Waals surface area contributed by atoms with Gasteiger partial charge < -0.3 is 9.84 Å². The number of hydrogen-bond acceptors (Lipinski definition) is 4. The molecule has 0 radical (unpaired) electrons. The van der Waals surface area contributed by atoms with Crippen molar-refractivity contribution in [3.63, 3.8) is 0 Å². The third kappa shape index (κ3) is 4.10. The average Bonchev–Trinajstić information content (AvgIpc) is 3.09. The van der Waals surface area contributed by atoms with Crippen LogP contribution in [0.15, 0.2) is 78.4 Å². The maximum atomic E-state index is 13.3. The molecule has 1 aliphatic heterocycles. The second-order valence-corrected chi connectivity index (χ2v) is 9.56. The Hall–Kier alpha value is -3.86. The van der Waals surface area contributed by atoms with E-state index in [9.17, 15) is 14.7 Å². The largest absolute Gasteiger partial charge is 0.507 e. The van der Waals surface area contributed by atoms with Gasteiger partial charge in [-0.25, -0.2) is 0 Å². The zero-order valence-corrected chi connectivity index (χ0v) is 20.1. The van der Waals surface area contributed by atoms with Gasteiger partial charge in [0.2, 0.25) is 0 Å². The van der Waals surface area contributed by atoms with Gasteiger partial charge in [0.1, 0.15) is 11.5 Å². The second-order valence-electron chi connectivity index (χ2n) is 9.56. The number of aliphatic hydroxyl groups excluding tert-OH is 1. The van der Waals surface area contributed by atoms with Crippen LogP contribution in [0.1, 0.15) is 49.1 Å². The summed E-state index contributed by atoms with van der Waals surface area (Å²) in [5.41, 5.74) is 3.73. The number of methoxy groups -OCH3 is 1. The molecule has 1 unspecified atom stereocenters. The van der Waals surface area contributed by atoms with Crippen LogP contribution < -0.4 is 9.64 Å². The average molecular weight is 456 g/mol. The summed E-state index contributed by atoms with van der Waals surface area (Å²) >= 11 is 0. The molecule has 0 bridgehead atoms. The molecule has 5 heteroatoms. The molecule has 4 rings (SSSR count). The molecule has 5 nitrogen and oxygen atoms in total. The molecule has 1 heterocycles. The summed E-state index contributed by atoms with van der Waals surface area (Å²) in [6.07, 6.45) is 0. The quantitative estimate of drug-likeness (QED) is 0.301. The fourth-order valence-electron chi connectivity index (χ4n) is 4.35. The van der Waals surface area contributed by atoms with Crippen LogP contribution in [-0.2, 0) is 15.0 Å². The molecule has 0 spiro atoms. The summed E-state index contributed by atoms with van der Waals surface area (Å²) in [6, 6.07) is 21.5. The van der Waals surface area contributed by atoms with Crippen LogP contribution in [-0.4, -0.2) is 23.9 Å². The number of nitrogens with zero attached hydrogens (tertiary/aromatic N) is 1. The molecular weight excluding hydrogens is 426 g/mol. The van der Waals surface area contributed by atoms with Crippen molar-refractivity contribution in [1.29, 1.82) is 0 Å². The van der Waals surface area contributed by atoms with Gasteiger partial charge in [-0.3, -0.25) is 14.5 Å². The van der Waals surface area contributed by atoms with Crippen molar-refractivity contribution in [1.82, 2.24) is 0 Å². The summed E-state index contributed by atoms with van der Waals surface area (Å²) in [6.45, 7) is 8.19. The molecule has 0 aliphatic carbocycles. The number of ether oxygens (including phenoxy) is 1. The Morgan fingerprint density at radius 2 is 1.59 bits per heavy atom. The number of carbonyl (C=O) groups is 2. The summed E-state index contributed by atoms with van der Waals surface area (Å²) in [5.74, 6) is -0.916. The Morgan fingerprint density at radius 3 is 2.15 bits per heavy atom. The number of Topliss-reactive ketones (excluding diaryl/α,β-unsaturated/α-hetero) is 1. The zero-order valence-electron chi connectivity index (χ0n) is 20.1. The Morgan fingerprint density at radius 1 is 0.941 bits per heavy atom. The van der Waals surface area contributed by atoms with Crippen molar-refractivity contribution in [3.8, 4) is 5.75 Å². The minimum absolute atomic E-state index is 0.0442. The lowest BCUT2D eigenvalue weighted by Gasteiger charge is -2.27. The molecule has 34 heavy (non-hydrogen) atoms. The summed E-state index contributed by atoms with van der Waals surface area (Å²) in [4.78, 5) is 28.1. The van der Waals surface area contributed by atoms with Crippen LogP contribution in [0.5, 0.6) is 5.75 Å². The highest BCUT2D eigenvalue weighted by Crippen LogP contribution is 2.43. The maximum Gasteiger partial charge on any atom is 0.300 e. The van der Waals surface area contributed by atoms with E-state index in [0.717, 1.165) is 16.7 Å². The molecule has 0 saturated carbocycles. The molecule has 3 aromatic carbocycles. The lowest BCUT2D eigenvalue weighted by Crippen LogP contribution is -2.29. The van der Waals surface area contributed by atoms with Gasteiger partial charge in [-0.1, -0.05) is 63.2 Å². The van der Waals surface area contributed by atoms with E-state index in [1.165, 1.54) is 4.90 Å². The van der Waals surface area contributed by atoms with E-state index in [1.807, 2.05) is 61.5 Å². The molecule has 174 valence electrons. The van der Waals surface area contributed by atoms with Crippen LogP contribution in [0.4, 0.5) is 5.69 Å². The monoisotopic (exact) mass is 455 g/mol. The molecule has 0 aromatic heterocycles. The SMILES string of the molecule is COc1ccc(/C(O)=C2/C(=O)C(=O)N(c3ccc(C(C)(C)C)cc3)C2c2ccccc2)c(C)c1. The minimum Gasteiger partial charge on any atom is -0.507 e. The fraction of sp³-hybridized carbons (Fsp3) is 0.241. The number of anilines is 1. The predicted octanol–water partition coefficient (Wildman–Crippen LogP) is 5.93. The fourth-order valence-corrected chi connectivity index (χ4v) is 4.35. The van der Waals surface area contributed by atoms with Gasteiger partial charge in [-0.05, 0) is 59.4 Å². The second kappa shape index (κ2) is 8.82. The number of amides is 1. The summed E-state index contributed by atoms with van der Waals surface area (Å²) in [5, 5.41) is 11.3. The molecule has 1 amide bonds. The molecule has 1 aliphatic rings. The first-order valence-corrected chi connectivity index (χ1v) is 11.2. The first kappa shape index (κ1) is 23.3. The van der Waals surface area contributed by atoms with Gasteiger partial charge in [0.25, 0.3) is 11.7 Å². The molecule has 1 saturated heterocycles. The lowest BCUT2D eigenvalue weighted by atomic mass is 9.87. The van der Waals surface area contributed by atoms with Crippen molar-refractivity contribution >= 4 is 23.1 Å². The van der Waals surface area contributed by atoms with Crippen LogP contribution >= 0.6 is 0 Å². The normalized spacial score (nSPS) is 17.8. The summed E-state index contributed by atoms with van der Waals surface area (Å²) in [7, 11) is 1.57. The van der Waals surface area contributed by atoms with Gasteiger partial charge in [-0.15, -0.1) is 0 Å². The van der Waals surface area contributed by atoms with Gasteiger partial charge >= 0.3 is 0 Å². The molecule has 1 fully saturated rings. The van der Waals surface area contributed by atoms with Crippen molar-refractivity contribution in [2.24, 2.45) is 0 Å². The number of carbonyl (C=O) groups excluding carboxylic acids is 2. The first-order chi connectivity index (χ1) is 16.1. The standard InChI is InChI=1S/C29H29NO4/c1-18-17-22(34-5)15-16-23(18)26(31)24-25(19-9-7-6-8-10-19)30(28(33)27(24)32)21-13-11-20(12-14-21)29(2,3)4/h6-17,25,31H,1-5H3/b26-24-. The Labute approximate surface area is 200 Å². The Bertz CT molecular complexity index is 1270. The zero-order chi connectivity index (χ0) is 24.6. The van der Waals surface area contributed by atoms with Gasteiger partial charge in [0.15, 0.2) is 0 Å². The van der Waals surface area contributed by atoms with Crippen molar-refractivity contribution in [2.45, 2.75) is 39.2 Å². The van der Waals surface area contributed by atoms with E-state index >= 15 is 0 Å². The Kier molecular flexibility index (Phi) is 6.05. The van der Waals surface area contributed by atoms with Crippen LogP contribution in [0.25, 0.3) is 5.76 Å². The molecular formula is C29H29NO4. The van der Waals surface area contributed by atoms with E-state index in [0.29, 0.717) is 17.0 Å². The lowest BCUT2D eigenvalue weighted by molar-refractivity contribution is -0.132. The minimum atomic E-state index is -0.747. The number of hydrogen-bond donors (Lipinski definition) is 1. The number of aliphatic hydroxyl groups is 1. The van der Waals surface area contributed by atoms with Crippen LogP contribution in [0, 0.1) is 6.92 Å². The first-order valence-electron chi connectivity index (χ1n) is 11.2. The van der Waals surface area contributed by atoms with Crippen molar-refractivity contribution < 1.29 is 19.4 Å². The van der Waals surface area contributed by atoms with E-state index in [1.54, 1.807) is 25.3 Å². The van der Waals surface area contributed by atoms with E-state index in [2.05, 4.69) is 20.8 Å². The van der Waals surface area contributed by atoms with E-state index < -0.39 is 17.7 Å². The predicted molar refractivity (Wildman–Crippen MR) is 134 cm³/mol. The van der Waals surface area contributed by atoms with Crippen LogP contribution in [0.3, 0.4) is 0 Å². The molecule has 1 N–H and O–H groups in total. The van der Waals surface area contributed by atoms with Gasteiger partial charge in [0, 0.05) is 11.3 Å². The maximum absolute atomic E-state index is 13.3. The van der Waals surface area contributed by atoms with Crippen LogP contribution in [0.2, 0.25) is 0 Å². The van der Waals surface area contributed by atoms with Crippen molar-refractivity contribution in [3.05, 3.63) is 101 Å². The highest BCUT2D eigenvalue weighted by Gasteiger charge is 2.47. The topological polar surface area (TPSA) is 66.8 Å². The third-order valence-corrected chi connectivity index (χ3v) is 6.26. The third-order valence-electron chi connectivity index (χ3n) is 6.26. The smallest absolute Gasteiger partial charge is 0.300 e. The van der Waals surface area contributed by atoms with Crippen molar-refractivity contribution in [2.75, 3.05) is 12.0 Å². The highest BCUT2D eigenvalue weighted by atomic mass is 16.5. The Balaban J connectivity index is 1.90. The highest BCUT2D eigenvalue weighted by molar-refractivity contribution is 6.51. The number of benzene rings is 3. The van der Waals surface area contributed by atoms with E-state index in [4.69, 9.17) is 4.74 Å². The number of aryl methyl sites for hydroxylation is 1. The summed E-state index contributed by atoms with van der Waals surface area (Å²) < 4.78 is 5.27. The molecule has 3 aromatic rings. The molecule has 1 atom stereocenters.